The van der Waals surface area contributed by atoms with Crippen LogP contribution in [0.5, 0.6) is 0 Å². The van der Waals surface area contributed by atoms with Crippen LogP contribution in [0.1, 0.15) is 32.6 Å². The number of thiophene rings is 1. The van der Waals surface area contributed by atoms with Gasteiger partial charge in [-0.3, -0.25) is 4.79 Å². The van der Waals surface area contributed by atoms with Crippen LogP contribution in [-0.4, -0.2) is 5.91 Å². The number of hydrogen-bond acceptors (Lipinski definition) is 3. The monoisotopic (exact) mass is 331 g/mol. The van der Waals surface area contributed by atoms with Gasteiger partial charge in [0.1, 0.15) is 0 Å². The van der Waals surface area contributed by atoms with E-state index in [-0.39, 0.29) is 11.9 Å². The maximum atomic E-state index is 12.4. The molecule has 1 aromatic carbocycles. The Morgan fingerprint density at radius 2 is 2.00 bits per heavy atom. The number of hydrogen-bond donors (Lipinski definition) is 1. The smallest absolute Gasteiger partial charge is 0.288 e. The second-order valence-electron chi connectivity index (χ2n) is 4.91. The molecule has 1 N–H and O–H groups in total. The first-order valence-electron chi connectivity index (χ1n) is 6.79. The Bertz CT molecular complexity index is 762. The van der Waals surface area contributed by atoms with Crippen LogP contribution in [0.3, 0.4) is 0 Å². The minimum Gasteiger partial charge on any atom is -0.459 e. The normalized spacial score (nSPS) is 12.1. The summed E-state index contributed by atoms with van der Waals surface area (Å²) in [4.78, 5) is 13.5. The topological polar surface area (TPSA) is 42.2 Å². The van der Waals surface area contributed by atoms with Gasteiger partial charge in [-0.25, -0.2) is 0 Å². The van der Waals surface area contributed by atoms with E-state index in [4.69, 9.17) is 16.0 Å². The van der Waals surface area contributed by atoms with Gasteiger partial charge in [0.2, 0.25) is 0 Å². The van der Waals surface area contributed by atoms with Crippen molar-refractivity contribution in [1.82, 2.24) is 5.32 Å². The fraction of sp³-hybridized carbons (Fsp3) is 0.118. The maximum Gasteiger partial charge on any atom is 0.288 e. The predicted octanol–water partition coefficient (Wildman–Crippen LogP) is 4.82. The number of nitrogens with one attached hydrogen (secondary N) is 1. The van der Waals surface area contributed by atoms with Crippen LogP contribution < -0.4 is 5.32 Å². The molecule has 0 radical (unpaired) electrons. The Hall–Kier alpha value is -2.04. The van der Waals surface area contributed by atoms with E-state index in [0.29, 0.717) is 10.8 Å². The number of benzene rings is 1. The molecule has 1 atom stereocenters. The van der Waals surface area contributed by atoms with Crippen molar-refractivity contribution >= 4 is 28.8 Å². The van der Waals surface area contributed by atoms with Crippen LogP contribution in [0.2, 0.25) is 5.02 Å². The molecule has 3 nitrogen and oxygen atoms in total. The van der Waals surface area contributed by atoms with E-state index in [2.05, 4.69) is 5.32 Å². The van der Waals surface area contributed by atoms with Gasteiger partial charge in [-0.05, 0) is 42.1 Å². The highest BCUT2D eigenvalue weighted by Gasteiger charge is 2.21. The highest BCUT2D eigenvalue weighted by Crippen LogP contribution is 2.27. The number of halogens is 1. The van der Waals surface area contributed by atoms with Crippen LogP contribution in [0.4, 0.5) is 0 Å². The van der Waals surface area contributed by atoms with Crippen molar-refractivity contribution in [3.8, 4) is 0 Å². The summed E-state index contributed by atoms with van der Waals surface area (Å²) in [5.74, 6) is 0.117. The number of aryl methyl sites for hydroxylation is 1. The van der Waals surface area contributed by atoms with Crippen molar-refractivity contribution in [2.24, 2.45) is 0 Å². The fourth-order valence-electron chi connectivity index (χ4n) is 2.23. The average Bonchev–Trinajstić information content (AvgIpc) is 3.17. The molecule has 0 saturated heterocycles. The fourth-order valence-corrected chi connectivity index (χ4v) is 3.16. The Morgan fingerprint density at radius 3 is 2.59 bits per heavy atom. The number of furan rings is 1. The second kappa shape index (κ2) is 6.38. The zero-order valence-corrected chi connectivity index (χ0v) is 13.4. The zero-order valence-electron chi connectivity index (χ0n) is 11.9. The molecule has 3 rings (SSSR count). The summed E-state index contributed by atoms with van der Waals surface area (Å²) in [6, 6.07) is 13.0. The maximum absolute atomic E-state index is 12.4. The summed E-state index contributed by atoms with van der Waals surface area (Å²) in [6.45, 7) is 1.85. The third kappa shape index (κ3) is 3.08. The van der Waals surface area contributed by atoms with E-state index in [1.54, 1.807) is 17.4 Å². The molecule has 0 aliphatic carbocycles. The van der Waals surface area contributed by atoms with E-state index in [9.17, 15) is 4.79 Å². The molecule has 5 heteroatoms. The van der Waals surface area contributed by atoms with Crippen LogP contribution in [0.15, 0.2) is 58.5 Å². The lowest BCUT2D eigenvalue weighted by atomic mass is 10.1. The molecule has 22 heavy (non-hydrogen) atoms. The zero-order chi connectivity index (χ0) is 15.5. The largest absolute Gasteiger partial charge is 0.459 e. The van der Waals surface area contributed by atoms with Crippen LogP contribution in [0, 0.1) is 6.92 Å². The molecular formula is C17H14ClNO2S. The van der Waals surface area contributed by atoms with Crippen molar-refractivity contribution in [1.29, 1.82) is 0 Å². The molecule has 1 amide bonds. The molecule has 2 heterocycles. The van der Waals surface area contributed by atoms with E-state index >= 15 is 0 Å². The molecule has 0 aliphatic heterocycles. The first-order valence-corrected chi connectivity index (χ1v) is 8.05. The van der Waals surface area contributed by atoms with Gasteiger partial charge >= 0.3 is 0 Å². The third-order valence-corrected chi connectivity index (χ3v) is 4.56. The van der Waals surface area contributed by atoms with Gasteiger partial charge in [-0.2, -0.15) is 0 Å². The van der Waals surface area contributed by atoms with Gasteiger partial charge in [-0.1, -0.05) is 29.8 Å². The van der Waals surface area contributed by atoms with Gasteiger partial charge in [0.15, 0.2) is 5.76 Å². The van der Waals surface area contributed by atoms with Crippen molar-refractivity contribution in [2.45, 2.75) is 13.0 Å². The van der Waals surface area contributed by atoms with Crippen LogP contribution in [-0.2, 0) is 0 Å². The van der Waals surface area contributed by atoms with E-state index in [0.717, 1.165) is 16.0 Å². The summed E-state index contributed by atoms with van der Waals surface area (Å²) in [5.41, 5.74) is 1.79. The van der Waals surface area contributed by atoms with E-state index in [1.807, 2.05) is 48.7 Å². The van der Waals surface area contributed by atoms with Gasteiger partial charge < -0.3 is 9.73 Å². The van der Waals surface area contributed by atoms with E-state index in [1.165, 1.54) is 6.26 Å². The molecule has 0 saturated carbocycles. The Labute approximate surface area is 137 Å². The van der Waals surface area contributed by atoms with Gasteiger partial charge in [0.25, 0.3) is 5.91 Å². The summed E-state index contributed by atoms with van der Waals surface area (Å²) in [6.07, 6.45) is 1.52. The predicted molar refractivity (Wildman–Crippen MR) is 88.5 cm³/mol. The van der Waals surface area contributed by atoms with E-state index < -0.39 is 0 Å². The summed E-state index contributed by atoms with van der Waals surface area (Å²) < 4.78 is 5.27. The minimum absolute atomic E-state index is 0.226. The lowest BCUT2D eigenvalue weighted by molar-refractivity contribution is 0.0914. The second-order valence-corrected chi connectivity index (χ2v) is 6.32. The SMILES string of the molecule is Cc1ccoc1C(=O)N[C@@H](c1ccc(Cl)cc1)c1cccs1. The first-order chi connectivity index (χ1) is 10.6. The molecule has 3 aromatic rings. The molecule has 0 unspecified atom stereocenters. The minimum atomic E-state index is -0.228. The number of carbonyl (C=O) groups is 1. The highest BCUT2D eigenvalue weighted by molar-refractivity contribution is 7.10. The molecule has 0 bridgehead atoms. The molecule has 2 aromatic heterocycles. The number of rotatable bonds is 4. The summed E-state index contributed by atoms with van der Waals surface area (Å²) >= 11 is 7.54. The quantitative estimate of drug-likeness (QED) is 0.744. The highest BCUT2D eigenvalue weighted by atomic mass is 35.5. The standard InChI is InChI=1S/C17H14ClNO2S/c1-11-8-9-21-16(11)17(20)19-15(14-3-2-10-22-14)12-4-6-13(18)7-5-12/h2-10,15H,1H3,(H,19,20)/t15-/m0/s1. The molecular weight excluding hydrogens is 318 g/mol. The Balaban J connectivity index is 1.91. The van der Waals surface area contributed by atoms with Crippen molar-refractivity contribution in [3.63, 3.8) is 0 Å². The van der Waals surface area contributed by atoms with Crippen molar-refractivity contribution < 1.29 is 9.21 Å². The van der Waals surface area contributed by atoms with Gasteiger partial charge in [0.05, 0.1) is 12.3 Å². The summed E-state index contributed by atoms with van der Waals surface area (Å²) in [7, 11) is 0. The van der Waals surface area contributed by atoms with Gasteiger partial charge in [0, 0.05) is 15.5 Å². The van der Waals surface area contributed by atoms with Crippen molar-refractivity contribution in [3.05, 3.63) is 80.9 Å². The number of carbonyl (C=O) groups excluding carboxylic acids is 1. The lowest BCUT2D eigenvalue weighted by Gasteiger charge is -2.17. The van der Waals surface area contributed by atoms with Gasteiger partial charge in [-0.15, -0.1) is 11.3 Å². The molecule has 0 spiro atoms. The third-order valence-electron chi connectivity index (χ3n) is 3.37. The number of amides is 1. The lowest BCUT2D eigenvalue weighted by Crippen LogP contribution is -2.28. The van der Waals surface area contributed by atoms with Crippen molar-refractivity contribution in [2.75, 3.05) is 0 Å². The molecule has 112 valence electrons. The average molecular weight is 332 g/mol. The summed E-state index contributed by atoms with van der Waals surface area (Å²) in [5, 5.41) is 5.69. The Kier molecular flexibility index (Phi) is 4.32. The van der Waals surface area contributed by atoms with Crippen LogP contribution >= 0.6 is 22.9 Å². The first kappa shape index (κ1) is 14.9. The van der Waals surface area contributed by atoms with Crippen LogP contribution in [0.25, 0.3) is 0 Å². The Morgan fingerprint density at radius 1 is 1.23 bits per heavy atom. The molecule has 0 fully saturated rings. The molecule has 0 aliphatic rings.